The Morgan fingerprint density at radius 2 is 2.26 bits per heavy atom. The second-order valence-electron chi connectivity index (χ2n) is 3.60. The van der Waals surface area contributed by atoms with Gasteiger partial charge in [0, 0.05) is 12.4 Å². The van der Waals surface area contributed by atoms with Crippen LogP contribution in [0.2, 0.25) is 0 Å². The molecule has 2 aromatic heterocycles. The molecule has 98 valence electrons. The van der Waals surface area contributed by atoms with Crippen LogP contribution in [-0.4, -0.2) is 22.5 Å². The van der Waals surface area contributed by atoms with Crippen molar-refractivity contribution in [2.45, 2.75) is 6.92 Å². The fourth-order valence-corrected chi connectivity index (χ4v) is 1.49. The number of ether oxygens (including phenoxy) is 1. The third-order valence-corrected chi connectivity index (χ3v) is 2.32. The summed E-state index contributed by atoms with van der Waals surface area (Å²) in [5.41, 5.74) is 0.312. The first kappa shape index (κ1) is 12.9. The predicted molar refractivity (Wildman–Crippen MR) is 67.6 cm³/mol. The molecule has 2 heterocycles. The first-order chi connectivity index (χ1) is 9.22. The summed E-state index contributed by atoms with van der Waals surface area (Å²) in [6, 6.07) is 4.59. The lowest BCUT2D eigenvalue weighted by Crippen LogP contribution is -2.15. The van der Waals surface area contributed by atoms with Crippen LogP contribution in [-0.2, 0) is 0 Å². The Bertz CT molecular complexity index is 590. The number of pyridine rings is 2. The van der Waals surface area contributed by atoms with Gasteiger partial charge in [-0.05, 0) is 25.1 Å². The molecule has 19 heavy (non-hydrogen) atoms. The minimum atomic E-state index is -0.679. The molecule has 0 aliphatic rings. The number of carbonyl (C=O) groups is 1. The fraction of sp³-hybridized carbons (Fsp3) is 0.154. The third kappa shape index (κ3) is 3.04. The van der Waals surface area contributed by atoms with Crippen molar-refractivity contribution in [3.05, 3.63) is 48.2 Å². The number of carbonyl (C=O) groups excluding carboxylic acids is 1. The summed E-state index contributed by atoms with van der Waals surface area (Å²) in [6.07, 6.45) is 3.89. The minimum absolute atomic E-state index is 0.0821. The van der Waals surface area contributed by atoms with E-state index in [1.54, 1.807) is 18.3 Å². The van der Waals surface area contributed by atoms with Gasteiger partial charge in [-0.3, -0.25) is 9.78 Å². The van der Waals surface area contributed by atoms with Gasteiger partial charge >= 0.3 is 0 Å². The highest BCUT2D eigenvalue weighted by molar-refractivity contribution is 6.04. The van der Waals surface area contributed by atoms with Gasteiger partial charge in [-0.15, -0.1) is 0 Å². The maximum Gasteiger partial charge on any atom is 0.258 e. The second kappa shape index (κ2) is 5.90. The normalized spacial score (nSPS) is 10.0. The molecule has 0 spiro atoms. The molecule has 6 heteroatoms. The summed E-state index contributed by atoms with van der Waals surface area (Å²) in [7, 11) is 0. The van der Waals surface area contributed by atoms with Crippen molar-refractivity contribution in [3.63, 3.8) is 0 Å². The van der Waals surface area contributed by atoms with Crippen LogP contribution in [0.4, 0.5) is 10.1 Å². The molecule has 1 amide bonds. The molecule has 0 saturated heterocycles. The van der Waals surface area contributed by atoms with Gasteiger partial charge in [-0.2, -0.15) is 0 Å². The van der Waals surface area contributed by atoms with Gasteiger partial charge in [0.15, 0.2) is 5.82 Å². The molecule has 2 aromatic rings. The summed E-state index contributed by atoms with van der Waals surface area (Å²) in [5.74, 6) is -0.955. The largest absolute Gasteiger partial charge is 0.476 e. The minimum Gasteiger partial charge on any atom is -0.476 e. The Balaban J connectivity index is 2.22. The first-order valence-electron chi connectivity index (χ1n) is 5.71. The van der Waals surface area contributed by atoms with Crippen molar-refractivity contribution in [3.8, 4) is 5.88 Å². The summed E-state index contributed by atoms with van der Waals surface area (Å²) >= 11 is 0. The standard InChI is InChI=1S/C13H12FN3O2/c1-2-19-13-11(4-3-6-16-13)17-12(18)9-5-7-15-8-10(9)14/h3-8H,2H2,1H3,(H,17,18). The smallest absolute Gasteiger partial charge is 0.258 e. The van der Waals surface area contributed by atoms with Crippen molar-refractivity contribution < 1.29 is 13.9 Å². The van der Waals surface area contributed by atoms with Crippen molar-refractivity contribution in [2.24, 2.45) is 0 Å². The van der Waals surface area contributed by atoms with Crippen molar-refractivity contribution in [1.29, 1.82) is 0 Å². The zero-order chi connectivity index (χ0) is 13.7. The molecule has 0 unspecified atom stereocenters. The highest BCUT2D eigenvalue weighted by atomic mass is 19.1. The Morgan fingerprint density at radius 3 is 3.00 bits per heavy atom. The van der Waals surface area contributed by atoms with E-state index in [1.807, 2.05) is 6.92 Å². The molecule has 5 nitrogen and oxygen atoms in total. The summed E-state index contributed by atoms with van der Waals surface area (Å²) in [4.78, 5) is 19.5. The Morgan fingerprint density at radius 1 is 1.42 bits per heavy atom. The van der Waals surface area contributed by atoms with Crippen molar-refractivity contribution in [2.75, 3.05) is 11.9 Å². The van der Waals surface area contributed by atoms with Crippen LogP contribution in [0, 0.1) is 5.82 Å². The fourth-order valence-electron chi connectivity index (χ4n) is 1.49. The van der Waals surface area contributed by atoms with Gasteiger partial charge < -0.3 is 10.1 Å². The van der Waals surface area contributed by atoms with Gasteiger partial charge in [0.2, 0.25) is 5.88 Å². The van der Waals surface area contributed by atoms with Crippen LogP contribution in [0.5, 0.6) is 5.88 Å². The number of hydrogen-bond acceptors (Lipinski definition) is 4. The zero-order valence-corrected chi connectivity index (χ0v) is 10.3. The molecule has 1 N–H and O–H groups in total. The number of amides is 1. The molecule has 0 atom stereocenters. The second-order valence-corrected chi connectivity index (χ2v) is 3.60. The number of anilines is 1. The number of aromatic nitrogens is 2. The summed E-state index contributed by atoms with van der Waals surface area (Å²) < 4.78 is 18.7. The molecular weight excluding hydrogens is 249 g/mol. The SMILES string of the molecule is CCOc1ncccc1NC(=O)c1ccncc1F. The molecule has 0 aliphatic heterocycles. The van der Waals surface area contributed by atoms with Gasteiger partial charge in [0.25, 0.3) is 5.91 Å². The molecule has 0 fully saturated rings. The van der Waals surface area contributed by atoms with E-state index >= 15 is 0 Å². The third-order valence-electron chi connectivity index (χ3n) is 2.32. The number of hydrogen-bond donors (Lipinski definition) is 1. The van der Waals surface area contributed by atoms with Crippen LogP contribution in [0.3, 0.4) is 0 Å². The lowest BCUT2D eigenvalue weighted by atomic mass is 10.2. The van der Waals surface area contributed by atoms with Crippen LogP contribution in [0.15, 0.2) is 36.8 Å². The molecule has 0 bridgehead atoms. The van der Waals surface area contributed by atoms with Crippen LogP contribution in [0.1, 0.15) is 17.3 Å². The van der Waals surface area contributed by atoms with E-state index in [0.717, 1.165) is 6.20 Å². The zero-order valence-electron chi connectivity index (χ0n) is 10.3. The maximum atomic E-state index is 13.4. The van der Waals surface area contributed by atoms with E-state index < -0.39 is 11.7 Å². The molecular formula is C13H12FN3O2. The van der Waals surface area contributed by atoms with Crippen LogP contribution < -0.4 is 10.1 Å². The van der Waals surface area contributed by atoms with E-state index in [-0.39, 0.29) is 5.56 Å². The highest BCUT2D eigenvalue weighted by Crippen LogP contribution is 2.21. The molecule has 0 saturated carbocycles. The topological polar surface area (TPSA) is 64.1 Å². The number of nitrogens with one attached hydrogen (secondary N) is 1. The molecule has 0 radical (unpaired) electrons. The van der Waals surface area contributed by atoms with E-state index in [1.165, 1.54) is 12.3 Å². The average Bonchev–Trinajstić information content (AvgIpc) is 2.41. The number of halogens is 1. The number of rotatable bonds is 4. The van der Waals surface area contributed by atoms with Gasteiger partial charge in [0.05, 0.1) is 18.4 Å². The number of nitrogens with zero attached hydrogens (tertiary/aromatic N) is 2. The highest BCUT2D eigenvalue weighted by Gasteiger charge is 2.14. The lowest BCUT2D eigenvalue weighted by molar-refractivity contribution is 0.102. The van der Waals surface area contributed by atoms with Gasteiger partial charge in [-0.1, -0.05) is 0 Å². The van der Waals surface area contributed by atoms with E-state index in [2.05, 4.69) is 15.3 Å². The van der Waals surface area contributed by atoms with Crippen molar-refractivity contribution in [1.82, 2.24) is 9.97 Å². The predicted octanol–water partition coefficient (Wildman–Crippen LogP) is 2.27. The van der Waals surface area contributed by atoms with E-state index in [4.69, 9.17) is 4.74 Å². The molecule has 2 rings (SSSR count). The van der Waals surface area contributed by atoms with Gasteiger partial charge in [-0.25, -0.2) is 9.37 Å². The maximum absolute atomic E-state index is 13.4. The summed E-state index contributed by atoms with van der Waals surface area (Å²) in [6.45, 7) is 2.23. The monoisotopic (exact) mass is 261 g/mol. The van der Waals surface area contributed by atoms with Crippen molar-refractivity contribution >= 4 is 11.6 Å². The van der Waals surface area contributed by atoms with E-state index in [9.17, 15) is 9.18 Å². The van der Waals surface area contributed by atoms with Crippen LogP contribution in [0.25, 0.3) is 0 Å². The molecule has 0 aromatic carbocycles. The Kier molecular flexibility index (Phi) is 4.02. The van der Waals surface area contributed by atoms with Gasteiger partial charge in [0.1, 0.15) is 5.69 Å². The Labute approximate surface area is 109 Å². The lowest BCUT2D eigenvalue weighted by Gasteiger charge is -2.10. The van der Waals surface area contributed by atoms with E-state index in [0.29, 0.717) is 18.2 Å². The average molecular weight is 261 g/mol. The molecule has 0 aliphatic carbocycles. The quantitative estimate of drug-likeness (QED) is 0.917. The van der Waals surface area contributed by atoms with Crippen LogP contribution >= 0.6 is 0 Å². The Hall–Kier alpha value is -2.50. The first-order valence-corrected chi connectivity index (χ1v) is 5.71. The summed E-state index contributed by atoms with van der Waals surface area (Å²) in [5, 5.41) is 2.56.